The second kappa shape index (κ2) is 3.94. The quantitative estimate of drug-likeness (QED) is 0.632. The van der Waals surface area contributed by atoms with Gasteiger partial charge in [-0.2, -0.15) is 0 Å². The van der Waals surface area contributed by atoms with Gasteiger partial charge in [0.25, 0.3) is 0 Å². The van der Waals surface area contributed by atoms with Gasteiger partial charge in [0, 0.05) is 12.6 Å². The van der Waals surface area contributed by atoms with Gasteiger partial charge >= 0.3 is 0 Å². The second-order valence-electron chi connectivity index (χ2n) is 3.20. The van der Waals surface area contributed by atoms with Crippen molar-refractivity contribution in [3.05, 3.63) is 0 Å². The van der Waals surface area contributed by atoms with Crippen LogP contribution in [0.2, 0.25) is 0 Å². The van der Waals surface area contributed by atoms with Crippen LogP contribution in [-0.2, 0) is 0 Å². The molecule has 1 saturated heterocycles. The molecule has 1 atom stereocenters. The highest BCUT2D eigenvalue weighted by atomic mass is 15.2. The van der Waals surface area contributed by atoms with E-state index >= 15 is 0 Å². The van der Waals surface area contributed by atoms with Gasteiger partial charge in [-0.25, -0.2) is 0 Å². The van der Waals surface area contributed by atoms with Crippen LogP contribution in [0.15, 0.2) is 0 Å². The summed E-state index contributed by atoms with van der Waals surface area (Å²) in [7, 11) is 0. The molecule has 10 heavy (non-hydrogen) atoms. The van der Waals surface area contributed by atoms with E-state index in [1.54, 1.807) is 0 Å². The van der Waals surface area contributed by atoms with Crippen LogP contribution in [0.4, 0.5) is 0 Å². The molecule has 0 amide bonds. The van der Waals surface area contributed by atoms with Gasteiger partial charge in [0.2, 0.25) is 0 Å². The fourth-order valence-corrected chi connectivity index (χ4v) is 1.45. The third-order valence-corrected chi connectivity index (χ3v) is 2.14. The third kappa shape index (κ3) is 2.27. The van der Waals surface area contributed by atoms with E-state index in [1.165, 1.54) is 32.4 Å². The van der Waals surface area contributed by atoms with E-state index in [0.29, 0.717) is 6.04 Å². The van der Waals surface area contributed by atoms with Crippen LogP contribution >= 0.6 is 0 Å². The maximum atomic E-state index is 5.76. The first-order valence-electron chi connectivity index (χ1n) is 4.31. The molecule has 2 nitrogen and oxygen atoms in total. The van der Waals surface area contributed by atoms with Gasteiger partial charge in [-0.05, 0) is 25.9 Å². The second-order valence-corrected chi connectivity index (χ2v) is 3.20. The van der Waals surface area contributed by atoms with Gasteiger partial charge in [0.15, 0.2) is 0 Å². The van der Waals surface area contributed by atoms with Crippen LogP contribution < -0.4 is 5.73 Å². The summed E-state index contributed by atoms with van der Waals surface area (Å²) in [5.41, 5.74) is 5.76. The lowest BCUT2D eigenvalue weighted by Crippen LogP contribution is -2.27. The summed E-state index contributed by atoms with van der Waals surface area (Å²) in [5.74, 6) is 0. The highest BCUT2D eigenvalue weighted by Crippen LogP contribution is 2.07. The van der Waals surface area contributed by atoms with Crippen molar-refractivity contribution < 1.29 is 0 Å². The van der Waals surface area contributed by atoms with Crippen molar-refractivity contribution in [2.45, 2.75) is 32.2 Å². The van der Waals surface area contributed by atoms with Crippen molar-refractivity contribution in [2.75, 3.05) is 19.6 Å². The topological polar surface area (TPSA) is 29.3 Å². The minimum atomic E-state index is 0.455. The Morgan fingerprint density at radius 2 is 2.40 bits per heavy atom. The highest BCUT2D eigenvalue weighted by Gasteiger charge is 2.17. The predicted octanol–water partition coefficient (Wildman–Crippen LogP) is 0.820. The van der Waals surface area contributed by atoms with Crippen molar-refractivity contribution in [2.24, 2.45) is 5.73 Å². The maximum Gasteiger partial charge on any atom is 0.0180 e. The summed E-state index contributed by atoms with van der Waals surface area (Å²) in [6.07, 6.45) is 3.82. The smallest absolute Gasteiger partial charge is 0.0180 e. The lowest BCUT2D eigenvalue weighted by molar-refractivity contribution is 0.328. The van der Waals surface area contributed by atoms with Gasteiger partial charge in [-0.15, -0.1) is 0 Å². The molecule has 1 aliphatic rings. The number of unbranched alkanes of at least 4 members (excludes halogenated alkanes) is 1. The zero-order valence-corrected chi connectivity index (χ0v) is 6.84. The maximum absolute atomic E-state index is 5.76. The molecule has 0 aromatic rings. The molecular formula is C8H18N2. The van der Waals surface area contributed by atoms with Crippen molar-refractivity contribution in [1.29, 1.82) is 0 Å². The van der Waals surface area contributed by atoms with E-state index in [4.69, 9.17) is 5.73 Å². The van der Waals surface area contributed by atoms with Crippen LogP contribution in [0.5, 0.6) is 0 Å². The molecule has 1 fully saturated rings. The molecule has 2 N–H and O–H groups in total. The van der Waals surface area contributed by atoms with Crippen LogP contribution in [0, 0.1) is 0 Å². The number of nitrogens with zero attached hydrogens (tertiary/aromatic N) is 1. The Bertz CT molecular complexity index is 93.3. The van der Waals surface area contributed by atoms with Gasteiger partial charge in [0.05, 0.1) is 0 Å². The Morgan fingerprint density at radius 3 is 2.90 bits per heavy atom. The molecule has 0 unspecified atom stereocenters. The van der Waals surface area contributed by atoms with E-state index in [9.17, 15) is 0 Å². The average molecular weight is 142 g/mol. The molecule has 2 heteroatoms. The number of likely N-dealkylation sites (tertiary alicyclic amines) is 1. The third-order valence-electron chi connectivity index (χ3n) is 2.14. The fraction of sp³-hybridized carbons (Fsp3) is 1.00. The number of nitrogens with two attached hydrogens (primary N) is 1. The van der Waals surface area contributed by atoms with Crippen LogP contribution in [0.3, 0.4) is 0 Å². The molecular weight excluding hydrogens is 124 g/mol. The minimum Gasteiger partial charge on any atom is -0.326 e. The van der Waals surface area contributed by atoms with Gasteiger partial charge in [0.1, 0.15) is 0 Å². The predicted molar refractivity (Wildman–Crippen MR) is 43.9 cm³/mol. The first-order valence-corrected chi connectivity index (χ1v) is 4.31. The molecule has 60 valence electrons. The minimum absolute atomic E-state index is 0.455. The monoisotopic (exact) mass is 142 g/mol. The molecule has 0 bridgehead atoms. The van der Waals surface area contributed by atoms with Crippen molar-refractivity contribution >= 4 is 0 Å². The molecule has 0 radical (unpaired) electrons. The van der Waals surface area contributed by atoms with Crippen molar-refractivity contribution in [1.82, 2.24) is 4.90 Å². The normalized spacial score (nSPS) is 27.6. The zero-order valence-electron chi connectivity index (χ0n) is 6.84. The molecule has 1 rings (SSSR count). The lowest BCUT2D eigenvalue weighted by Gasteiger charge is -2.13. The summed E-state index contributed by atoms with van der Waals surface area (Å²) >= 11 is 0. The van der Waals surface area contributed by atoms with Crippen molar-refractivity contribution in [3.8, 4) is 0 Å². The Labute approximate surface area is 63.4 Å². The van der Waals surface area contributed by atoms with Crippen molar-refractivity contribution in [3.63, 3.8) is 0 Å². The van der Waals surface area contributed by atoms with E-state index < -0.39 is 0 Å². The molecule has 1 heterocycles. The Morgan fingerprint density at radius 1 is 1.60 bits per heavy atom. The van der Waals surface area contributed by atoms with E-state index in [2.05, 4.69) is 11.8 Å². The summed E-state index contributed by atoms with van der Waals surface area (Å²) in [6, 6.07) is 0.455. The van der Waals surface area contributed by atoms with E-state index in [1.807, 2.05) is 0 Å². The molecule has 0 spiro atoms. The Hall–Kier alpha value is -0.0800. The van der Waals surface area contributed by atoms with E-state index in [-0.39, 0.29) is 0 Å². The van der Waals surface area contributed by atoms with Crippen LogP contribution in [0.1, 0.15) is 26.2 Å². The fourth-order valence-electron chi connectivity index (χ4n) is 1.45. The number of rotatable bonds is 3. The van der Waals surface area contributed by atoms with Gasteiger partial charge < -0.3 is 10.6 Å². The highest BCUT2D eigenvalue weighted by molar-refractivity contribution is 4.77. The summed E-state index contributed by atoms with van der Waals surface area (Å²) in [6.45, 7) is 5.83. The largest absolute Gasteiger partial charge is 0.326 e. The standard InChI is InChI=1S/C8H18N2/c1-2-3-5-10-6-4-8(9)7-10/h8H,2-7,9H2,1H3/t8-/m1/s1. The molecule has 0 saturated carbocycles. The summed E-state index contributed by atoms with van der Waals surface area (Å²) in [4.78, 5) is 2.47. The zero-order chi connectivity index (χ0) is 7.40. The van der Waals surface area contributed by atoms with Crippen LogP contribution in [0.25, 0.3) is 0 Å². The molecule has 0 aliphatic carbocycles. The Balaban J connectivity index is 2.06. The summed E-state index contributed by atoms with van der Waals surface area (Å²) in [5, 5.41) is 0. The average Bonchev–Trinajstić information content (AvgIpc) is 2.31. The lowest BCUT2D eigenvalue weighted by atomic mass is 10.3. The van der Waals surface area contributed by atoms with Crippen LogP contribution in [-0.4, -0.2) is 30.6 Å². The number of hydrogen-bond acceptors (Lipinski definition) is 2. The number of hydrogen-bond donors (Lipinski definition) is 1. The van der Waals surface area contributed by atoms with Gasteiger partial charge in [-0.3, -0.25) is 0 Å². The first-order chi connectivity index (χ1) is 4.83. The summed E-state index contributed by atoms with van der Waals surface area (Å²) < 4.78 is 0. The van der Waals surface area contributed by atoms with E-state index in [0.717, 1.165) is 6.54 Å². The molecule has 0 aromatic heterocycles. The SMILES string of the molecule is CCCCN1CC[C@@H](N)C1. The molecule has 1 aliphatic heterocycles. The Kier molecular flexibility index (Phi) is 3.16. The first kappa shape index (κ1) is 8.02. The molecule has 0 aromatic carbocycles. The van der Waals surface area contributed by atoms with Gasteiger partial charge in [-0.1, -0.05) is 13.3 Å².